The van der Waals surface area contributed by atoms with Crippen molar-refractivity contribution in [1.82, 2.24) is 25.4 Å². The van der Waals surface area contributed by atoms with Crippen LogP contribution >= 0.6 is 24.0 Å². The summed E-state index contributed by atoms with van der Waals surface area (Å²) >= 11 is 0. The van der Waals surface area contributed by atoms with Crippen molar-refractivity contribution in [3.05, 3.63) is 42.5 Å². The van der Waals surface area contributed by atoms with Crippen LogP contribution in [0.15, 0.2) is 41.9 Å². The zero-order chi connectivity index (χ0) is 19.1. The van der Waals surface area contributed by atoms with Crippen LogP contribution in [0.1, 0.15) is 38.2 Å². The fraction of sp³-hybridized carbons (Fsp3) is 0.526. The van der Waals surface area contributed by atoms with Gasteiger partial charge >= 0.3 is 0 Å². The number of halogens is 1. The molecule has 1 aliphatic rings. The van der Waals surface area contributed by atoms with Crippen molar-refractivity contribution >= 4 is 40.7 Å². The summed E-state index contributed by atoms with van der Waals surface area (Å²) in [6.07, 6.45) is 7.45. The molecular formula is C19H29IN6OS. The van der Waals surface area contributed by atoms with Gasteiger partial charge < -0.3 is 10.6 Å². The van der Waals surface area contributed by atoms with Crippen LogP contribution in [-0.4, -0.2) is 49.0 Å². The minimum absolute atomic E-state index is 0. The molecule has 1 fully saturated rings. The Balaban J connectivity index is 0.00000280. The van der Waals surface area contributed by atoms with E-state index in [-0.39, 0.29) is 24.0 Å². The van der Waals surface area contributed by atoms with Gasteiger partial charge in [0.15, 0.2) is 5.96 Å². The van der Waals surface area contributed by atoms with Crippen LogP contribution in [-0.2, 0) is 17.3 Å². The molecule has 1 heterocycles. The molecule has 0 amide bonds. The van der Waals surface area contributed by atoms with Gasteiger partial charge in [0, 0.05) is 41.4 Å². The lowest BCUT2D eigenvalue weighted by Crippen LogP contribution is -2.46. The van der Waals surface area contributed by atoms with Crippen LogP contribution in [0.2, 0.25) is 0 Å². The molecule has 0 saturated heterocycles. The first-order valence-corrected chi connectivity index (χ1v) is 10.9. The molecule has 3 rings (SSSR count). The number of benzene rings is 1. The minimum atomic E-state index is -0.711. The van der Waals surface area contributed by atoms with E-state index in [4.69, 9.17) is 0 Å². The maximum atomic E-state index is 12.1. The fourth-order valence-electron chi connectivity index (χ4n) is 3.43. The number of rotatable bonds is 6. The molecule has 0 aliphatic heterocycles. The summed E-state index contributed by atoms with van der Waals surface area (Å²) in [5.41, 5.74) is 2.14. The van der Waals surface area contributed by atoms with Crippen LogP contribution in [0, 0.1) is 0 Å². The molecule has 0 radical (unpaired) electrons. The van der Waals surface area contributed by atoms with Gasteiger partial charge in [-0.05, 0) is 37.0 Å². The Hall–Kier alpha value is -1.49. The van der Waals surface area contributed by atoms with E-state index < -0.39 is 10.8 Å². The van der Waals surface area contributed by atoms with Gasteiger partial charge in [-0.15, -0.1) is 24.0 Å². The second-order valence-electron chi connectivity index (χ2n) is 6.73. The van der Waals surface area contributed by atoms with E-state index in [1.807, 2.05) is 19.1 Å². The lowest BCUT2D eigenvalue weighted by molar-refractivity contribution is 0.413. The van der Waals surface area contributed by atoms with Crippen molar-refractivity contribution in [3.8, 4) is 5.69 Å². The zero-order valence-electron chi connectivity index (χ0n) is 16.4. The number of hydrogen-bond donors (Lipinski definition) is 2. The number of nitrogens with zero attached hydrogens (tertiary/aromatic N) is 4. The number of aromatic nitrogens is 3. The Kier molecular flexibility index (Phi) is 9.36. The van der Waals surface area contributed by atoms with Gasteiger partial charge in [0.05, 0.1) is 5.69 Å². The normalized spacial score (nSPS) is 20.9. The molecule has 2 N–H and O–H groups in total. The quantitative estimate of drug-likeness (QED) is 0.351. The van der Waals surface area contributed by atoms with Crippen molar-refractivity contribution in [2.45, 2.75) is 50.4 Å². The number of hydrogen-bond acceptors (Lipinski definition) is 4. The average molecular weight is 516 g/mol. The Labute approximate surface area is 186 Å². The maximum absolute atomic E-state index is 12.1. The topological polar surface area (TPSA) is 84.2 Å². The lowest BCUT2D eigenvalue weighted by atomic mass is 9.95. The van der Waals surface area contributed by atoms with Crippen LogP contribution < -0.4 is 10.6 Å². The summed E-state index contributed by atoms with van der Waals surface area (Å²) in [6, 6.07) is 8.51. The summed E-state index contributed by atoms with van der Waals surface area (Å²) in [4.78, 5) is 8.31. The van der Waals surface area contributed by atoms with Crippen molar-refractivity contribution in [2.24, 2.45) is 4.99 Å². The van der Waals surface area contributed by atoms with Gasteiger partial charge in [-0.3, -0.25) is 9.20 Å². The first-order chi connectivity index (χ1) is 13.2. The Morgan fingerprint density at radius 2 is 2.11 bits per heavy atom. The predicted octanol–water partition coefficient (Wildman–Crippen LogP) is 2.63. The van der Waals surface area contributed by atoms with Crippen molar-refractivity contribution in [1.29, 1.82) is 0 Å². The molecule has 3 atom stereocenters. The Bertz CT molecular complexity index is 765. The molecule has 7 nitrogen and oxygen atoms in total. The van der Waals surface area contributed by atoms with Crippen molar-refractivity contribution < 1.29 is 4.21 Å². The minimum Gasteiger partial charge on any atom is -0.354 e. The molecule has 2 aromatic rings. The van der Waals surface area contributed by atoms with Gasteiger partial charge in [-0.2, -0.15) is 5.10 Å². The maximum Gasteiger partial charge on any atom is 0.191 e. The first kappa shape index (κ1) is 22.8. The molecule has 0 spiro atoms. The Morgan fingerprint density at radius 1 is 1.32 bits per heavy atom. The van der Waals surface area contributed by atoms with Gasteiger partial charge in [0.1, 0.15) is 12.7 Å². The van der Waals surface area contributed by atoms with Gasteiger partial charge in [-0.25, -0.2) is 9.67 Å². The predicted molar refractivity (Wildman–Crippen MR) is 125 cm³/mol. The third-order valence-corrected chi connectivity index (χ3v) is 6.67. The van der Waals surface area contributed by atoms with E-state index in [1.54, 1.807) is 18.1 Å². The number of aliphatic imine (C=N–C) groups is 1. The van der Waals surface area contributed by atoms with Crippen molar-refractivity contribution in [2.75, 3.05) is 12.8 Å². The van der Waals surface area contributed by atoms with Crippen LogP contribution in [0.5, 0.6) is 0 Å². The lowest BCUT2D eigenvalue weighted by Gasteiger charge is -2.30. The fourth-order valence-corrected chi connectivity index (χ4v) is 4.78. The summed E-state index contributed by atoms with van der Waals surface area (Å²) in [7, 11) is 1.07. The van der Waals surface area contributed by atoms with Crippen LogP contribution in [0.25, 0.3) is 5.69 Å². The number of nitrogens with one attached hydrogen (secondary N) is 2. The van der Waals surface area contributed by atoms with Crippen molar-refractivity contribution in [3.63, 3.8) is 0 Å². The van der Waals surface area contributed by atoms with E-state index in [9.17, 15) is 4.21 Å². The largest absolute Gasteiger partial charge is 0.354 e. The second-order valence-corrected chi connectivity index (χ2v) is 8.74. The molecule has 1 aromatic heterocycles. The standard InChI is InChI=1S/C19H28N6OS.HI/c1-3-27(26)18-6-4-5-16(11-18)24-19(20-2)22-12-15-7-9-17(10-8-15)25-14-21-13-23-25;/h7-10,13-14,16,18H,3-6,11-12H2,1-2H3,(H2,20,22,24);1H. The molecule has 28 heavy (non-hydrogen) atoms. The average Bonchev–Trinajstić information content (AvgIpc) is 3.26. The third-order valence-electron chi connectivity index (χ3n) is 4.93. The number of guanidine groups is 1. The molecule has 1 saturated carbocycles. The van der Waals surface area contributed by atoms with E-state index in [0.717, 1.165) is 48.6 Å². The smallest absolute Gasteiger partial charge is 0.191 e. The molecule has 9 heteroatoms. The summed E-state index contributed by atoms with van der Waals surface area (Å²) in [5.74, 6) is 1.54. The highest BCUT2D eigenvalue weighted by Gasteiger charge is 2.25. The van der Waals surface area contributed by atoms with E-state index in [1.165, 1.54) is 6.33 Å². The third kappa shape index (κ3) is 6.26. The first-order valence-electron chi connectivity index (χ1n) is 9.48. The van der Waals surface area contributed by atoms with E-state index in [0.29, 0.717) is 17.8 Å². The van der Waals surface area contributed by atoms with E-state index >= 15 is 0 Å². The summed E-state index contributed by atoms with van der Waals surface area (Å²) < 4.78 is 13.9. The van der Waals surface area contributed by atoms with Crippen LogP contribution in [0.4, 0.5) is 0 Å². The Morgan fingerprint density at radius 3 is 2.75 bits per heavy atom. The zero-order valence-corrected chi connectivity index (χ0v) is 19.5. The van der Waals surface area contributed by atoms with E-state index in [2.05, 4.69) is 37.8 Å². The highest BCUT2D eigenvalue weighted by molar-refractivity contribution is 14.0. The molecule has 1 aliphatic carbocycles. The van der Waals surface area contributed by atoms with Crippen LogP contribution in [0.3, 0.4) is 0 Å². The molecule has 1 aromatic carbocycles. The highest BCUT2D eigenvalue weighted by Crippen LogP contribution is 2.23. The van der Waals surface area contributed by atoms with Gasteiger partial charge in [0.25, 0.3) is 0 Å². The summed E-state index contributed by atoms with van der Waals surface area (Å²) in [6.45, 7) is 2.69. The monoisotopic (exact) mass is 516 g/mol. The SMILES string of the molecule is CCS(=O)C1CCCC(NC(=NC)NCc2ccc(-n3cncn3)cc2)C1.I. The second kappa shape index (κ2) is 11.5. The molecular weight excluding hydrogens is 487 g/mol. The summed E-state index contributed by atoms with van der Waals surface area (Å²) in [5, 5.41) is 11.3. The molecule has 154 valence electrons. The molecule has 3 unspecified atom stereocenters. The highest BCUT2D eigenvalue weighted by atomic mass is 127. The van der Waals surface area contributed by atoms with Gasteiger partial charge in [-0.1, -0.05) is 25.5 Å². The molecule has 0 bridgehead atoms. The van der Waals surface area contributed by atoms with Gasteiger partial charge in [0.2, 0.25) is 0 Å².